The smallest absolute Gasteiger partial charge is 0.255 e. The number of para-hydroxylation sites is 1. The van der Waals surface area contributed by atoms with Crippen LogP contribution in [0.5, 0.6) is 0 Å². The van der Waals surface area contributed by atoms with E-state index in [9.17, 15) is 9.59 Å². The van der Waals surface area contributed by atoms with Crippen molar-refractivity contribution in [2.24, 2.45) is 0 Å². The Balaban J connectivity index is 1.52. The van der Waals surface area contributed by atoms with E-state index in [0.29, 0.717) is 11.3 Å². The van der Waals surface area contributed by atoms with Crippen molar-refractivity contribution < 1.29 is 9.59 Å². The number of hydrogen-bond acceptors (Lipinski definition) is 3. The first-order valence-electron chi connectivity index (χ1n) is 8.77. The Labute approximate surface area is 172 Å². The van der Waals surface area contributed by atoms with Crippen LogP contribution in [0.15, 0.2) is 77.3 Å². The molecule has 0 aliphatic rings. The lowest BCUT2D eigenvalue weighted by atomic mass is 10.1. The molecule has 3 aromatic carbocycles. The summed E-state index contributed by atoms with van der Waals surface area (Å²) < 4.78 is 0.831. The number of carbonyl (C=O) groups excluding carboxylic acids is 2. The first-order valence-corrected chi connectivity index (χ1v) is 9.57. The van der Waals surface area contributed by atoms with Gasteiger partial charge in [0, 0.05) is 21.4 Å². The standard InChI is InChI=1S/C22H20BrN3O2/c1-15-5-4-6-16(13-15)22(28)25-18-11-9-17(10-12-18)24-14-21(27)26-20-8-3-2-7-19(20)23/h2-13,24H,14H2,1H3,(H,25,28)(H,26,27). The van der Waals surface area contributed by atoms with Crippen molar-refractivity contribution in [1.29, 1.82) is 0 Å². The van der Waals surface area contributed by atoms with Crippen LogP contribution in [0.25, 0.3) is 0 Å². The van der Waals surface area contributed by atoms with Gasteiger partial charge in [-0.05, 0) is 71.4 Å². The number of anilines is 3. The fourth-order valence-corrected chi connectivity index (χ4v) is 2.98. The summed E-state index contributed by atoms with van der Waals surface area (Å²) in [5, 5.41) is 8.76. The summed E-state index contributed by atoms with van der Waals surface area (Å²) in [6, 6.07) is 22.1. The Morgan fingerprint density at radius 2 is 1.57 bits per heavy atom. The van der Waals surface area contributed by atoms with E-state index in [1.54, 1.807) is 18.2 Å². The van der Waals surface area contributed by atoms with Crippen LogP contribution in [0.1, 0.15) is 15.9 Å². The number of nitrogens with one attached hydrogen (secondary N) is 3. The van der Waals surface area contributed by atoms with Crippen LogP contribution >= 0.6 is 15.9 Å². The maximum absolute atomic E-state index is 12.3. The number of carbonyl (C=O) groups is 2. The highest BCUT2D eigenvalue weighted by molar-refractivity contribution is 9.10. The first kappa shape index (κ1) is 19.6. The first-order chi connectivity index (χ1) is 13.5. The second-order valence-corrected chi connectivity index (χ2v) is 7.14. The predicted molar refractivity (Wildman–Crippen MR) is 117 cm³/mol. The Morgan fingerprint density at radius 3 is 2.29 bits per heavy atom. The second-order valence-electron chi connectivity index (χ2n) is 6.28. The van der Waals surface area contributed by atoms with Crippen molar-refractivity contribution in [3.05, 3.63) is 88.4 Å². The van der Waals surface area contributed by atoms with Gasteiger partial charge in [-0.1, -0.05) is 29.8 Å². The van der Waals surface area contributed by atoms with Crippen LogP contribution in [-0.2, 0) is 4.79 Å². The molecule has 0 spiro atoms. The molecule has 0 fully saturated rings. The Morgan fingerprint density at radius 1 is 0.857 bits per heavy atom. The Kier molecular flexibility index (Phi) is 6.45. The maximum Gasteiger partial charge on any atom is 0.255 e. The minimum atomic E-state index is -0.155. The molecule has 0 unspecified atom stereocenters. The highest BCUT2D eigenvalue weighted by atomic mass is 79.9. The van der Waals surface area contributed by atoms with Gasteiger partial charge < -0.3 is 16.0 Å². The zero-order chi connectivity index (χ0) is 19.9. The minimum absolute atomic E-state index is 0.135. The van der Waals surface area contributed by atoms with Gasteiger partial charge in [-0.15, -0.1) is 0 Å². The molecule has 0 bridgehead atoms. The van der Waals surface area contributed by atoms with Gasteiger partial charge in [-0.2, -0.15) is 0 Å². The van der Waals surface area contributed by atoms with Crippen LogP contribution in [0.3, 0.4) is 0 Å². The number of benzene rings is 3. The molecular formula is C22H20BrN3O2. The van der Waals surface area contributed by atoms with E-state index < -0.39 is 0 Å². The fraction of sp³-hybridized carbons (Fsp3) is 0.0909. The van der Waals surface area contributed by atoms with Gasteiger partial charge in [-0.25, -0.2) is 0 Å². The molecule has 3 aromatic rings. The van der Waals surface area contributed by atoms with Gasteiger partial charge in [0.25, 0.3) is 5.91 Å². The number of rotatable bonds is 6. The third kappa shape index (κ3) is 5.44. The topological polar surface area (TPSA) is 70.2 Å². The maximum atomic E-state index is 12.3. The monoisotopic (exact) mass is 437 g/mol. The highest BCUT2D eigenvalue weighted by Gasteiger charge is 2.07. The third-order valence-corrected chi connectivity index (χ3v) is 4.72. The van der Waals surface area contributed by atoms with Crippen molar-refractivity contribution in [3.8, 4) is 0 Å². The average molecular weight is 438 g/mol. The third-order valence-electron chi connectivity index (χ3n) is 4.02. The average Bonchev–Trinajstić information content (AvgIpc) is 2.69. The molecule has 0 aliphatic heterocycles. The summed E-state index contributed by atoms with van der Waals surface area (Å²) in [6.45, 7) is 2.08. The van der Waals surface area contributed by atoms with E-state index in [-0.39, 0.29) is 18.4 Å². The second kappa shape index (κ2) is 9.19. The molecule has 0 atom stereocenters. The van der Waals surface area contributed by atoms with Crippen LogP contribution in [0.2, 0.25) is 0 Å². The summed E-state index contributed by atoms with van der Waals surface area (Å²) in [6.07, 6.45) is 0. The largest absolute Gasteiger partial charge is 0.376 e. The van der Waals surface area contributed by atoms with Gasteiger partial charge >= 0.3 is 0 Å². The van der Waals surface area contributed by atoms with Crippen molar-refractivity contribution in [2.75, 3.05) is 22.5 Å². The molecule has 0 radical (unpaired) electrons. The summed E-state index contributed by atoms with van der Waals surface area (Å²) >= 11 is 3.40. The normalized spacial score (nSPS) is 10.2. The molecule has 0 aliphatic carbocycles. The van der Waals surface area contributed by atoms with Crippen molar-refractivity contribution >= 4 is 44.8 Å². The molecule has 6 heteroatoms. The van der Waals surface area contributed by atoms with Gasteiger partial charge in [0.1, 0.15) is 0 Å². The van der Waals surface area contributed by atoms with Crippen LogP contribution in [0.4, 0.5) is 17.1 Å². The summed E-state index contributed by atoms with van der Waals surface area (Å²) in [7, 11) is 0. The number of halogens is 1. The number of amides is 2. The lowest BCUT2D eigenvalue weighted by Crippen LogP contribution is -2.21. The van der Waals surface area contributed by atoms with Gasteiger partial charge in [0.05, 0.1) is 12.2 Å². The number of aryl methyl sites for hydroxylation is 1. The predicted octanol–water partition coefficient (Wildman–Crippen LogP) is 5.06. The van der Waals surface area contributed by atoms with Crippen LogP contribution in [0, 0.1) is 6.92 Å². The lowest BCUT2D eigenvalue weighted by Gasteiger charge is -2.10. The summed E-state index contributed by atoms with van der Waals surface area (Å²) in [5.41, 5.74) is 3.85. The van der Waals surface area contributed by atoms with E-state index in [0.717, 1.165) is 21.4 Å². The molecule has 0 aromatic heterocycles. The van der Waals surface area contributed by atoms with Crippen molar-refractivity contribution in [2.45, 2.75) is 6.92 Å². The van der Waals surface area contributed by atoms with Crippen molar-refractivity contribution in [3.63, 3.8) is 0 Å². The molecular weight excluding hydrogens is 418 g/mol. The molecule has 28 heavy (non-hydrogen) atoms. The van der Waals surface area contributed by atoms with Gasteiger partial charge in [0.2, 0.25) is 5.91 Å². The molecule has 3 N–H and O–H groups in total. The highest BCUT2D eigenvalue weighted by Crippen LogP contribution is 2.21. The Hall–Kier alpha value is -3.12. The zero-order valence-electron chi connectivity index (χ0n) is 15.3. The molecule has 0 saturated heterocycles. The van der Waals surface area contributed by atoms with E-state index in [1.807, 2.05) is 61.5 Å². The van der Waals surface area contributed by atoms with E-state index in [4.69, 9.17) is 0 Å². The van der Waals surface area contributed by atoms with E-state index in [1.165, 1.54) is 0 Å². The molecule has 142 valence electrons. The van der Waals surface area contributed by atoms with Gasteiger partial charge in [0.15, 0.2) is 0 Å². The summed E-state index contributed by atoms with van der Waals surface area (Å²) in [4.78, 5) is 24.4. The quantitative estimate of drug-likeness (QED) is 0.504. The molecule has 0 heterocycles. The minimum Gasteiger partial charge on any atom is -0.376 e. The van der Waals surface area contributed by atoms with E-state index >= 15 is 0 Å². The van der Waals surface area contributed by atoms with Crippen molar-refractivity contribution in [1.82, 2.24) is 0 Å². The molecule has 2 amide bonds. The fourth-order valence-electron chi connectivity index (χ4n) is 2.60. The van der Waals surface area contributed by atoms with Crippen LogP contribution in [-0.4, -0.2) is 18.4 Å². The zero-order valence-corrected chi connectivity index (χ0v) is 16.9. The SMILES string of the molecule is Cc1cccc(C(=O)Nc2ccc(NCC(=O)Nc3ccccc3Br)cc2)c1. The Bertz CT molecular complexity index is 987. The van der Waals surface area contributed by atoms with Crippen LogP contribution < -0.4 is 16.0 Å². The van der Waals surface area contributed by atoms with Gasteiger partial charge in [-0.3, -0.25) is 9.59 Å². The molecule has 3 rings (SSSR count). The summed E-state index contributed by atoms with van der Waals surface area (Å²) in [5.74, 6) is -0.305. The lowest BCUT2D eigenvalue weighted by molar-refractivity contribution is -0.114. The molecule has 5 nitrogen and oxygen atoms in total. The van der Waals surface area contributed by atoms with E-state index in [2.05, 4.69) is 31.9 Å². The number of hydrogen-bond donors (Lipinski definition) is 3. The molecule has 0 saturated carbocycles.